The van der Waals surface area contributed by atoms with Gasteiger partial charge in [-0.05, 0) is 110 Å². The van der Waals surface area contributed by atoms with Crippen LogP contribution in [0.1, 0.15) is 91.9 Å². The summed E-state index contributed by atoms with van der Waals surface area (Å²) in [6.07, 6.45) is 14.1. The maximum atomic E-state index is 13.6. The molecule has 4 fully saturated rings. The van der Waals surface area contributed by atoms with Crippen molar-refractivity contribution in [2.24, 2.45) is 52.3 Å². The zero-order valence-corrected chi connectivity index (χ0v) is 19.2. The van der Waals surface area contributed by atoms with Crippen molar-refractivity contribution in [2.45, 2.75) is 98.0 Å². The quantitative estimate of drug-likeness (QED) is 0.477. The second-order valence-electron chi connectivity index (χ2n) is 11.7. The average Bonchev–Trinajstić information content (AvgIpc) is 3.05. The molecule has 0 saturated heterocycles. The van der Waals surface area contributed by atoms with Crippen LogP contribution in [-0.2, 0) is 4.74 Å². The Bertz CT molecular complexity index is 545. The lowest BCUT2D eigenvalue weighted by molar-refractivity contribution is -0.126. The highest BCUT2D eigenvalue weighted by Crippen LogP contribution is 2.68. The van der Waals surface area contributed by atoms with E-state index in [1.54, 1.807) is 7.11 Å². The molecule has 0 unspecified atom stereocenters. The summed E-state index contributed by atoms with van der Waals surface area (Å²) in [6, 6.07) is 0. The highest BCUT2D eigenvalue weighted by Gasteiger charge is 2.60. The van der Waals surface area contributed by atoms with Gasteiger partial charge in [0.25, 0.3) is 0 Å². The molecular formula is C26H45FO. The van der Waals surface area contributed by atoms with E-state index in [4.69, 9.17) is 4.74 Å². The van der Waals surface area contributed by atoms with Gasteiger partial charge in [0.15, 0.2) is 0 Å². The molecule has 0 aromatic rings. The van der Waals surface area contributed by atoms with Gasteiger partial charge in [-0.25, -0.2) is 4.39 Å². The molecule has 1 nitrogen and oxygen atoms in total. The molecule has 0 amide bonds. The molecule has 4 rings (SSSR count). The molecule has 0 spiro atoms. The maximum absolute atomic E-state index is 13.6. The van der Waals surface area contributed by atoms with Crippen molar-refractivity contribution < 1.29 is 9.13 Å². The number of ether oxygens (including phenoxy) is 1. The maximum Gasteiger partial charge on any atom is 0.116 e. The first-order valence-corrected chi connectivity index (χ1v) is 12.5. The summed E-state index contributed by atoms with van der Waals surface area (Å²) in [7, 11) is 1.70. The second-order valence-corrected chi connectivity index (χ2v) is 11.7. The fraction of sp³-hybridized carbons (Fsp3) is 1.00. The number of alkyl halides is 1. The minimum atomic E-state index is -0.334. The Morgan fingerprint density at radius 3 is 2.36 bits per heavy atom. The zero-order chi connectivity index (χ0) is 20.1. The van der Waals surface area contributed by atoms with Gasteiger partial charge < -0.3 is 4.74 Å². The van der Waals surface area contributed by atoms with Crippen LogP contribution in [0.4, 0.5) is 4.39 Å². The number of halogens is 1. The lowest BCUT2D eigenvalue weighted by Gasteiger charge is -2.61. The molecule has 4 aliphatic rings. The van der Waals surface area contributed by atoms with Crippen LogP contribution < -0.4 is 0 Å². The van der Waals surface area contributed by atoms with Crippen LogP contribution in [0.2, 0.25) is 0 Å². The summed E-state index contributed by atoms with van der Waals surface area (Å²) in [4.78, 5) is 0. The molecular weight excluding hydrogens is 347 g/mol. The highest BCUT2D eigenvalue weighted by atomic mass is 19.1. The third-order valence-electron chi connectivity index (χ3n) is 11.1. The summed E-state index contributed by atoms with van der Waals surface area (Å²) in [5, 5.41) is 0. The van der Waals surface area contributed by atoms with E-state index in [9.17, 15) is 4.39 Å². The van der Waals surface area contributed by atoms with E-state index in [0.29, 0.717) is 22.7 Å². The molecule has 2 heteroatoms. The van der Waals surface area contributed by atoms with Crippen LogP contribution in [0, 0.1) is 52.3 Å². The highest BCUT2D eigenvalue weighted by molar-refractivity contribution is 5.10. The Morgan fingerprint density at radius 2 is 1.68 bits per heavy atom. The molecule has 0 radical (unpaired) electrons. The molecule has 0 bridgehead atoms. The minimum absolute atomic E-state index is 0.212. The van der Waals surface area contributed by atoms with E-state index in [2.05, 4.69) is 27.7 Å². The molecule has 0 heterocycles. The van der Waals surface area contributed by atoms with E-state index in [1.807, 2.05) is 0 Å². The van der Waals surface area contributed by atoms with Gasteiger partial charge in [-0.1, -0.05) is 34.1 Å². The molecule has 0 aromatic heterocycles. The van der Waals surface area contributed by atoms with Crippen LogP contribution in [0.25, 0.3) is 0 Å². The summed E-state index contributed by atoms with van der Waals surface area (Å²) < 4.78 is 19.1. The predicted octanol–water partition coefficient (Wildman–Crippen LogP) is 7.29. The lowest BCUT2D eigenvalue weighted by Crippen LogP contribution is -2.54. The largest absolute Gasteiger partial charge is 0.378 e. The summed E-state index contributed by atoms with van der Waals surface area (Å²) in [5.41, 5.74) is 1.02. The molecule has 162 valence electrons. The van der Waals surface area contributed by atoms with Gasteiger partial charge in [0.1, 0.15) is 6.67 Å². The molecule has 10 atom stereocenters. The van der Waals surface area contributed by atoms with Gasteiger partial charge >= 0.3 is 0 Å². The Kier molecular flexibility index (Phi) is 5.93. The third kappa shape index (κ3) is 3.10. The summed E-state index contributed by atoms with van der Waals surface area (Å²) >= 11 is 0. The number of hydrogen-bond donors (Lipinski definition) is 0. The van der Waals surface area contributed by atoms with Gasteiger partial charge in [0.2, 0.25) is 0 Å². The van der Waals surface area contributed by atoms with Crippen LogP contribution in [0.3, 0.4) is 0 Å². The number of rotatable bonds is 5. The SMILES string of the molecule is CC[C@H]1CC[C@@]2(C)[C@H](CC[C@@H]3[C@@H]2CC[C@]2(C)[C@@H]([C@H](C)[C@@H](CF)OC)CC[C@@H]32)C1. The van der Waals surface area contributed by atoms with Gasteiger partial charge in [-0.2, -0.15) is 0 Å². The molecule has 4 saturated carbocycles. The van der Waals surface area contributed by atoms with E-state index in [1.165, 1.54) is 64.2 Å². The summed E-state index contributed by atoms with van der Waals surface area (Å²) in [5.74, 6) is 5.72. The van der Waals surface area contributed by atoms with Crippen molar-refractivity contribution in [3.8, 4) is 0 Å². The van der Waals surface area contributed by atoms with Crippen LogP contribution in [-0.4, -0.2) is 19.9 Å². The molecule has 4 aliphatic carbocycles. The van der Waals surface area contributed by atoms with Crippen LogP contribution >= 0.6 is 0 Å². The Balaban J connectivity index is 1.54. The normalized spacial score (nSPS) is 50.4. The van der Waals surface area contributed by atoms with Crippen molar-refractivity contribution in [3.05, 3.63) is 0 Å². The first kappa shape index (κ1) is 21.1. The zero-order valence-electron chi connectivity index (χ0n) is 19.2. The Labute approximate surface area is 173 Å². The molecule has 0 aliphatic heterocycles. The van der Waals surface area contributed by atoms with E-state index >= 15 is 0 Å². The van der Waals surface area contributed by atoms with Gasteiger partial charge in [-0.15, -0.1) is 0 Å². The monoisotopic (exact) mass is 392 g/mol. The summed E-state index contributed by atoms with van der Waals surface area (Å²) in [6.45, 7) is 9.59. The fourth-order valence-corrected chi connectivity index (χ4v) is 9.30. The van der Waals surface area contributed by atoms with Gasteiger partial charge in [0, 0.05) is 7.11 Å². The first-order valence-electron chi connectivity index (χ1n) is 12.5. The van der Waals surface area contributed by atoms with Crippen LogP contribution in [0.15, 0.2) is 0 Å². The van der Waals surface area contributed by atoms with E-state index in [-0.39, 0.29) is 12.8 Å². The van der Waals surface area contributed by atoms with E-state index in [0.717, 1.165) is 29.6 Å². The number of methoxy groups -OCH3 is 1. The van der Waals surface area contributed by atoms with Crippen molar-refractivity contribution in [1.29, 1.82) is 0 Å². The Morgan fingerprint density at radius 1 is 0.964 bits per heavy atom. The molecule has 28 heavy (non-hydrogen) atoms. The minimum Gasteiger partial charge on any atom is -0.378 e. The molecule has 0 N–H and O–H groups in total. The van der Waals surface area contributed by atoms with Crippen molar-refractivity contribution in [1.82, 2.24) is 0 Å². The Hall–Kier alpha value is -0.110. The van der Waals surface area contributed by atoms with Gasteiger partial charge in [0.05, 0.1) is 6.10 Å². The third-order valence-corrected chi connectivity index (χ3v) is 11.1. The lowest BCUT2D eigenvalue weighted by atomic mass is 9.44. The van der Waals surface area contributed by atoms with Crippen molar-refractivity contribution >= 4 is 0 Å². The van der Waals surface area contributed by atoms with Gasteiger partial charge in [-0.3, -0.25) is 0 Å². The van der Waals surface area contributed by atoms with Crippen molar-refractivity contribution in [2.75, 3.05) is 13.8 Å². The number of hydrogen-bond acceptors (Lipinski definition) is 1. The fourth-order valence-electron chi connectivity index (χ4n) is 9.30. The van der Waals surface area contributed by atoms with E-state index < -0.39 is 0 Å². The standard InChI is InChI=1S/C26H45FO/c1-6-18-11-13-25(3)19(15-18)7-8-20-22-10-9-21(17(2)24(16-27)28-5)26(22,4)14-12-23(20)25/h17-24H,6-16H2,1-5H3/t17-,18-,19+,20-,21+,22-,23-,24+,25-,26+/m0/s1. The first-order chi connectivity index (χ1) is 13.4. The predicted molar refractivity (Wildman–Crippen MR) is 115 cm³/mol. The number of fused-ring (bicyclic) bond motifs is 5. The van der Waals surface area contributed by atoms with Crippen molar-refractivity contribution in [3.63, 3.8) is 0 Å². The average molecular weight is 393 g/mol. The topological polar surface area (TPSA) is 9.23 Å². The smallest absolute Gasteiger partial charge is 0.116 e. The molecule has 0 aromatic carbocycles. The second kappa shape index (κ2) is 7.86. The van der Waals surface area contributed by atoms with Crippen LogP contribution in [0.5, 0.6) is 0 Å².